The first kappa shape index (κ1) is 19.2. The number of aliphatic hydroxyl groups excluding tert-OH is 1. The van der Waals surface area contributed by atoms with E-state index in [0.717, 1.165) is 0 Å². The standard InChI is InChI=1S/C22H21NO5/c1-4-12-23-19(16-11-10-15(27-2)13-17(16)28-3)18(21(25)22(23)26)20(24)14-8-6-5-7-9-14/h4-11,13,19,24H,1,12H2,2-3H3/b20-18+. The van der Waals surface area contributed by atoms with Crippen molar-refractivity contribution in [3.8, 4) is 11.5 Å². The van der Waals surface area contributed by atoms with Gasteiger partial charge in [-0.1, -0.05) is 36.4 Å². The number of rotatable bonds is 6. The van der Waals surface area contributed by atoms with Crippen molar-refractivity contribution in [2.75, 3.05) is 20.8 Å². The van der Waals surface area contributed by atoms with E-state index in [2.05, 4.69) is 6.58 Å². The summed E-state index contributed by atoms with van der Waals surface area (Å²) in [6.45, 7) is 3.82. The van der Waals surface area contributed by atoms with E-state index >= 15 is 0 Å². The van der Waals surface area contributed by atoms with Crippen LogP contribution < -0.4 is 9.47 Å². The Morgan fingerprint density at radius 1 is 1.14 bits per heavy atom. The van der Waals surface area contributed by atoms with E-state index in [1.54, 1.807) is 48.5 Å². The molecule has 0 saturated carbocycles. The summed E-state index contributed by atoms with van der Waals surface area (Å²) < 4.78 is 10.7. The topological polar surface area (TPSA) is 76.1 Å². The van der Waals surface area contributed by atoms with Crippen molar-refractivity contribution in [2.45, 2.75) is 6.04 Å². The highest BCUT2D eigenvalue weighted by molar-refractivity contribution is 6.46. The van der Waals surface area contributed by atoms with Gasteiger partial charge in [0.2, 0.25) is 0 Å². The third kappa shape index (κ3) is 3.24. The average Bonchev–Trinajstić information content (AvgIpc) is 2.98. The zero-order valence-electron chi connectivity index (χ0n) is 15.7. The molecule has 0 radical (unpaired) electrons. The lowest BCUT2D eigenvalue weighted by Crippen LogP contribution is -2.29. The van der Waals surface area contributed by atoms with Crippen LogP contribution in [0, 0.1) is 0 Å². The van der Waals surface area contributed by atoms with Crippen molar-refractivity contribution in [2.24, 2.45) is 0 Å². The molecule has 3 rings (SSSR count). The molecule has 1 N–H and O–H groups in total. The number of carbonyl (C=O) groups excluding carboxylic acids is 2. The van der Waals surface area contributed by atoms with Gasteiger partial charge in [-0.2, -0.15) is 0 Å². The third-order valence-electron chi connectivity index (χ3n) is 4.65. The van der Waals surface area contributed by atoms with E-state index in [9.17, 15) is 14.7 Å². The molecule has 144 valence electrons. The second-order valence-corrected chi connectivity index (χ2v) is 6.21. The second kappa shape index (κ2) is 8.00. The molecular formula is C22H21NO5. The number of Topliss-reactive ketones (excluding diaryl/α,β-unsaturated/α-hetero) is 1. The molecule has 0 bridgehead atoms. The highest BCUT2D eigenvalue weighted by atomic mass is 16.5. The van der Waals surface area contributed by atoms with Crippen LogP contribution in [0.1, 0.15) is 17.2 Å². The number of methoxy groups -OCH3 is 2. The average molecular weight is 379 g/mol. The van der Waals surface area contributed by atoms with Gasteiger partial charge in [-0.15, -0.1) is 6.58 Å². The molecule has 0 aliphatic carbocycles. The maximum absolute atomic E-state index is 12.8. The summed E-state index contributed by atoms with van der Waals surface area (Å²) in [5.74, 6) is -0.650. The molecule has 2 aromatic carbocycles. The van der Waals surface area contributed by atoms with Crippen molar-refractivity contribution in [3.63, 3.8) is 0 Å². The number of likely N-dealkylation sites (tertiary alicyclic amines) is 1. The van der Waals surface area contributed by atoms with Gasteiger partial charge in [0.05, 0.1) is 25.8 Å². The van der Waals surface area contributed by atoms with Crippen LogP contribution in [0.15, 0.2) is 66.8 Å². The van der Waals surface area contributed by atoms with Crippen molar-refractivity contribution in [1.29, 1.82) is 0 Å². The Hall–Kier alpha value is -3.54. The monoisotopic (exact) mass is 379 g/mol. The Kier molecular flexibility index (Phi) is 5.49. The molecule has 1 aliphatic rings. The van der Waals surface area contributed by atoms with E-state index in [4.69, 9.17) is 9.47 Å². The number of amides is 1. The fourth-order valence-corrected chi connectivity index (χ4v) is 3.33. The molecule has 1 fully saturated rings. The lowest BCUT2D eigenvalue weighted by molar-refractivity contribution is -0.139. The Bertz CT molecular complexity index is 949. The van der Waals surface area contributed by atoms with Crippen LogP contribution in [0.25, 0.3) is 5.76 Å². The van der Waals surface area contributed by atoms with Crippen LogP contribution in [0.5, 0.6) is 11.5 Å². The third-order valence-corrected chi connectivity index (χ3v) is 4.65. The molecule has 2 aromatic rings. The summed E-state index contributed by atoms with van der Waals surface area (Å²) in [5.41, 5.74) is 1.04. The first-order chi connectivity index (χ1) is 13.5. The lowest BCUT2D eigenvalue weighted by atomic mass is 9.94. The van der Waals surface area contributed by atoms with Crippen LogP contribution in [0.4, 0.5) is 0 Å². The van der Waals surface area contributed by atoms with E-state index in [1.165, 1.54) is 25.2 Å². The van der Waals surface area contributed by atoms with Crippen molar-refractivity contribution in [3.05, 3.63) is 77.9 Å². The molecule has 1 amide bonds. The number of hydrogen-bond donors (Lipinski definition) is 1. The maximum atomic E-state index is 12.8. The Labute approximate surface area is 163 Å². The fraction of sp³-hybridized carbons (Fsp3) is 0.182. The highest BCUT2D eigenvalue weighted by Crippen LogP contribution is 2.43. The number of ketones is 1. The molecule has 1 unspecified atom stereocenters. The van der Waals surface area contributed by atoms with Gasteiger partial charge in [0, 0.05) is 23.7 Å². The second-order valence-electron chi connectivity index (χ2n) is 6.21. The van der Waals surface area contributed by atoms with Crippen molar-refractivity contribution < 1.29 is 24.2 Å². The molecule has 6 nitrogen and oxygen atoms in total. The largest absolute Gasteiger partial charge is 0.507 e. The molecule has 1 saturated heterocycles. The minimum atomic E-state index is -0.806. The van der Waals surface area contributed by atoms with Crippen LogP contribution in [-0.4, -0.2) is 42.5 Å². The summed E-state index contributed by atoms with van der Waals surface area (Å²) in [6.07, 6.45) is 1.54. The van der Waals surface area contributed by atoms with Crippen LogP contribution >= 0.6 is 0 Å². The van der Waals surface area contributed by atoms with Crippen molar-refractivity contribution >= 4 is 17.4 Å². The first-order valence-corrected chi connectivity index (χ1v) is 8.70. The zero-order valence-corrected chi connectivity index (χ0v) is 15.7. The minimum absolute atomic E-state index is 0.0153. The van der Waals surface area contributed by atoms with Gasteiger partial charge in [-0.05, 0) is 12.1 Å². The summed E-state index contributed by atoms with van der Waals surface area (Å²) in [7, 11) is 3.03. The molecular weight excluding hydrogens is 358 g/mol. The number of hydrogen-bond acceptors (Lipinski definition) is 5. The minimum Gasteiger partial charge on any atom is -0.507 e. The smallest absolute Gasteiger partial charge is 0.295 e. The maximum Gasteiger partial charge on any atom is 0.295 e. The van der Waals surface area contributed by atoms with E-state index < -0.39 is 17.7 Å². The normalized spacial score (nSPS) is 18.2. The molecule has 28 heavy (non-hydrogen) atoms. The summed E-state index contributed by atoms with van der Waals surface area (Å²) in [6, 6.07) is 13.0. The number of carbonyl (C=O) groups is 2. The van der Waals surface area contributed by atoms with E-state index in [-0.39, 0.29) is 17.9 Å². The highest BCUT2D eigenvalue weighted by Gasteiger charge is 2.46. The van der Waals surface area contributed by atoms with Gasteiger partial charge in [0.15, 0.2) is 0 Å². The van der Waals surface area contributed by atoms with Crippen LogP contribution in [0.2, 0.25) is 0 Å². The van der Waals surface area contributed by atoms with Gasteiger partial charge in [-0.25, -0.2) is 0 Å². The summed E-state index contributed by atoms with van der Waals surface area (Å²) in [5, 5.41) is 10.9. The lowest BCUT2D eigenvalue weighted by Gasteiger charge is -2.25. The molecule has 1 heterocycles. The molecule has 0 aromatic heterocycles. The first-order valence-electron chi connectivity index (χ1n) is 8.70. The molecule has 1 aliphatic heterocycles. The SMILES string of the molecule is C=CCN1C(=O)C(=O)/C(=C(/O)c2ccccc2)C1c1ccc(OC)cc1OC. The van der Waals surface area contributed by atoms with Gasteiger partial charge < -0.3 is 19.5 Å². The molecule has 1 atom stereocenters. The zero-order chi connectivity index (χ0) is 20.3. The molecule has 6 heteroatoms. The quantitative estimate of drug-likeness (QED) is 0.361. The van der Waals surface area contributed by atoms with Crippen molar-refractivity contribution in [1.82, 2.24) is 4.90 Å². The Morgan fingerprint density at radius 3 is 2.46 bits per heavy atom. The number of aliphatic hydroxyl groups is 1. The van der Waals surface area contributed by atoms with Crippen LogP contribution in [0.3, 0.4) is 0 Å². The van der Waals surface area contributed by atoms with Gasteiger partial charge in [-0.3, -0.25) is 9.59 Å². The number of nitrogens with zero attached hydrogens (tertiary/aromatic N) is 1. The van der Waals surface area contributed by atoms with E-state index in [1.807, 2.05) is 0 Å². The number of ether oxygens (including phenoxy) is 2. The van der Waals surface area contributed by atoms with E-state index in [0.29, 0.717) is 22.6 Å². The summed E-state index contributed by atoms with van der Waals surface area (Å²) >= 11 is 0. The Morgan fingerprint density at radius 2 is 1.86 bits per heavy atom. The molecule has 0 spiro atoms. The summed E-state index contributed by atoms with van der Waals surface area (Å²) in [4.78, 5) is 26.8. The van der Waals surface area contributed by atoms with Crippen LogP contribution in [-0.2, 0) is 9.59 Å². The predicted molar refractivity (Wildman–Crippen MR) is 105 cm³/mol. The fourth-order valence-electron chi connectivity index (χ4n) is 3.33. The van der Waals surface area contributed by atoms with Gasteiger partial charge in [0.1, 0.15) is 17.3 Å². The van der Waals surface area contributed by atoms with Gasteiger partial charge in [0.25, 0.3) is 11.7 Å². The predicted octanol–water partition coefficient (Wildman–Crippen LogP) is 3.31. The number of benzene rings is 2. The Balaban J connectivity index is 2.25. The van der Waals surface area contributed by atoms with Gasteiger partial charge >= 0.3 is 0 Å².